The van der Waals surface area contributed by atoms with Gasteiger partial charge in [-0.25, -0.2) is 0 Å². The molecule has 0 heterocycles. The summed E-state index contributed by atoms with van der Waals surface area (Å²) in [4.78, 5) is 9.89. The first-order chi connectivity index (χ1) is 3.50. The van der Waals surface area contributed by atoms with Gasteiger partial charge in [0.15, 0.2) is 0 Å². The standard InChI is InChI=1S/C4H10N2O2.K/c1-2-4(5,6)3(7)8;/h2,5-6H2,1H3,(H,7,8);/q;+1/p-1. The molecule has 0 atom stereocenters. The molecule has 0 aliphatic carbocycles. The summed E-state index contributed by atoms with van der Waals surface area (Å²) in [5.74, 6) is -1.42. The SMILES string of the molecule is CCC(N)(N)C(=O)[O-].[K+]. The molecule has 0 fully saturated rings. The summed E-state index contributed by atoms with van der Waals surface area (Å²) in [5, 5.41) is 9.89. The van der Waals surface area contributed by atoms with Gasteiger partial charge >= 0.3 is 51.4 Å². The van der Waals surface area contributed by atoms with Gasteiger partial charge in [0, 0.05) is 0 Å². The molecule has 48 valence electrons. The summed E-state index contributed by atoms with van der Waals surface area (Å²) >= 11 is 0. The summed E-state index contributed by atoms with van der Waals surface area (Å²) in [7, 11) is 0. The summed E-state index contributed by atoms with van der Waals surface area (Å²) in [6.07, 6.45) is 0.176. The molecule has 0 aromatic heterocycles. The zero-order valence-electron chi connectivity index (χ0n) is 5.68. The molecule has 4 nitrogen and oxygen atoms in total. The van der Waals surface area contributed by atoms with Crippen LogP contribution >= 0.6 is 0 Å². The van der Waals surface area contributed by atoms with Crippen LogP contribution in [0.1, 0.15) is 13.3 Å². The first kappa shape index (κ1) is 12.7. The molecule has 0 aromatic rings. The van der Waals surface area contributed by atoms with Crippen LogP contribution in [0.3, 0.4) is 0 Å². The number of nitrogens with two attached hydrogens (primary N) is 2. The molecule has 0 radical (unpaired) electrons. The molecule has 0 aliphatic heterocycles. The fraction of sp³-hybridized carbons (Fsp3) is 0.750. The summed E-state index contributed by atoms with van der Waals surface area (Å²) < 4.78 is 0. The van der Waals surface area contributed by atoms with Gasteiger partial charge in [0.05, 0.1) is 5.97 Å². The van der Waals surface area contributed by atoms with Crippen LogP contribution in [0.15, 0.2) is 0 Å². The van der Waals surface area contributed by atoms with E-state index in [9.17, 15) is 9.90 Å². The molecule has 0 aromatic carbocycles. The van der Waals surface area contributed by atoms with E-state index in [1.54, 1.807) is 6.92 Å². The molecule has 0 spiro atoms. The largest absolute Gasteiger partial charge is 1.00 e. The van der Waals surface area contributed by atoms with Crippen LogP contribution in [0.4, 0.5) is 0 Å². The maximum atomic E-state index is 9.89. The number of rotatable bonds is 2. The van der Waals surface area contributed by atoms with Gasteiger partial charge in [-0.3, -0.25) is 0 Å². The third-order valence-electron chi connectivity index (χ3n) is 0.965. The number of carbonyl (C=O) groups excluding carboxylic acids is 1. The molecule has 5 heteroatoms. The number of carbonyl (C=O) groups is 1. The number of carboxylic acids is 1. The average molecular weight is 156 g/mol. The normalized spacial score (nSPS) is 10.1. The molecule has 4 N–H and O–H groups in total. The van der Waals surface area contributed by atoms with Crippen LogP contribution in [0.5, 0.6) is 0 Å². The Morgan fingerprint density at radius 3 is 2.00 bits per heavy atom. The van der Waals surface area contributed by atoms with Crippen molar-refractivity contribution in [3.05, 3.63) is 0 Å². The van der Waals surface area contributed by atoms with E-state index >= 15 is 0 Å². The van der Waals surface area contributed by atoms with Crippen LogP contribution < -0.4 is 68.0 Å². The first-order valence-corrected chi connectivity index (χ1v) is 2.30. The minimum absolute atomic E-state index is 0. The fourth-order valence-corrected chi connectivity index (χ4v) is 0.144. The van der Waals surface area contributed by atoms with Gasteiger partial charge in [-0.1, -0.05) is 6.92 Å². The van der Waals surface area contributed by atoms with Gasteiger partial charge in [-0.2, -0.15) is 0 Å². The maximum Gasteiger partial charge on any atom is 1.00 e. The van der Waals surface area contributed by atoms with Crippen molar-refractivity contribution in [1.82, 2.24) is 0 Å². The summed E-state index contributed by atoms with van der Waals surface area (Å²) in [6, 6.07) is 0. The molecular formula is C4H9KN2O2. The van der Waals surface area contributed by atoms with Crippen molar-refractivity contribution >= 4 is 5.97 Å². The van der Waals surface area contributed by atoms with Crippen molar-refractivity contribution in [1.29, 1.82) is 0 Å². The topological polar surface area (TPSA) is 92.2 Å². The Morgan fingerprint density at radius 1 is 1.67 bits per heavy atom. The number of aliphatic carboxylic acids is 1. The minimum Gasteiger partial charge on any atom is -0.547 e. The maximum absolute atomic E-state index is 9.89. The molecule has 0 rings (SSSR count). The van der Waals surface area contributed by atoms with E-state index < -0.39 is 11.6 Å². The third-order valence-corrected chi connectivity index (χ3v) is 0.965. The quantitative estimate of drug-likeness (QED) is 0.309. The van der Waals surface area contributed by atoms with E-state index in [2.05, 4.69) is 0 Å². The van der Waals surface area contributed by atoms with Crippen molar-refractivity contribution in [3.8, 4) is 0 Å². The Kier molecular flexibility index (Phi) is 6.74. The van der Waals surface area contributed by atoms with E-state index in [0.717, 1.165) is 0 Å². The predicted molar refractivity (Wildman–Crippen MR) is 26.4 cm³/mol. The third kappa shape index (κ3) is 4.43. The van der Waals surface area contributed by atoms with Gasteiger partial charge < -0.3 is 21.4 Å². The first-order valence-electron chi connectivity index (χ1n) is 2.30. The minimum atomic E-state index is -1.65. The molecule has 0 unspecified atom stereocenters. The molecule has 0 bridgehead atoms. The van der Waals surface area contributed by atoms with Crippen LogP contribution in [-0.4, -0.2) is 11.6 Å². The van der Waals surface area contributed by atoms with E-state index in [1.165, 1.54) is 0 Å². The zero-order chi connectivity index (χ0) is 6.78. The Bertz CT molecular complexity index is 105. The fourth-order valence-electron chi connectivity index (χ4n) is 0.144. The van der Waals surface area contributed by atoms with E-state index in [0.29, 0.717) is 0 Å². The summed E-state index contributed by atoms with van der Waals surface area (Å²) in [5.41, 5.74) is 8.30. The van der Waals surface area contributed by atoms with Gasteiger partial charge in [-0.05, 0) is 6.42 Å². The van der Waals surface area contributed by atoms with Crippen LogP contribution in [-0.2, 0) is 4.79 Å². The van der Waals surface area contributed by atoms with Gasteiger partial charge in [-0.15, -0.1) is 0 Å². The number of hydrogen-bond donors (Lipinski definition) is 2. The van der Waals surface area contributed by atoms with Crippen molar-refractivity contribution in [2.75, 3.05) is 0 Å². The second kappa shape index (κ2) is 4.78. The van der Waals surface area contributed by atoms with E-state index in [1.807, 2.05) is 0 Å². The smallest absolute Gasteiger partial charge is 0.547 e. The van der Waals surface area contributed by atoms with Gasteiger partial charge in [0.1, 0.15) is 5.66 Å². The predicted octanol–water partition coefficient (Wildman–Crippen LogP) is -5.24. The van der Waals surface area contributed by atoms with Crippen molar-refractivity contribution < 1.29 is 61.3 Å². The van der Waals surface area contributed by atoms with Crippen molar-refractivity contribution in [3.63, 3.8) is 0 Å². The monoisotopic (exact) mass is 156 g/mol. The molecule has 0 amide bonds. The Hall–Kier alpha value is 1.03. The van der Waals surface area contributed by atoms with Crippen LogP contribution in [0.2, 0.25) is 0 Å². The number of hydrogen-bond acceptors (Lipinski definition) is 4. The van der Waals surface area contributed by atoms with E-state index in [4.69, 9.17) is 11.5 Å². The Balaban J connectivity index is 0. The molecule has 9 heavy (non-hydrogen) atoms. The van der Waals surface area contributed by atoms with E-state index in [-0.39, 0.29) is 57.8 Å². The molecular weight excluding hydrogens is 147 g/mol. The van der Waals surface area contributed by atoms with Gasteiger partial charge in [0.2, 0.25) is 0 Å². The zero-order valence-corrected chi connectivity index (χ0v) is 8.80. The number of carboxylic acid groups (broad SMARTS) is 1. The van der Waals surface area contributed by atoms with Crippen molar-refractivity contribution in [2.45, 2.75) is 19.0 Å². The Labute approximate surface area is 96.4 Å². The molecule has 0 saturated heterocycles. The summed E-state index contributed by atoms with van der Waals surface area (Å²) in [6.45, 7) is 1.58. The molecule has 0 saturated carbocycles. The average Bonchev–Trinajstić information content (AvgIpc) is 1.67. The Morgan fingerprint density at radius 2 is 2.00 bits per heavy atom. The second-order valence-corrected chi connectivity index (χ2v) is 1.68. The van der Waals surface area contributed by atoms with Gasteiger partial charge in [0.25, 0.3) is 0 Å². The second-order valence-electron chi connectivity index (χ2n) is 1.68. The van der Waals surface area contributed by atoms with Crippen LogP contribution in [0.25, 0.3) is 0 Å². The van der Waals surface area contributed by atoms with Crippen molar-refractivity contribution in [2.24, 2.45) is 11.5 Å². The van der Waals surface area contributed by atoms with Crippen LogP contribution in [0, 0.1) is 0 Å². The molecule has 0 aliphatic rings.